The molecule has 3 aromatic rings. The first-order valence-corrected chi connectivity index (χ1v) is 10.1. The fourth-order valence-corrected chi connectivity index (χ4v) is 3.98. The van der Waals surface area contributed by atoms with E-state index in [4.69, 9.17) is 0 Å². The van der Waals surface area contributed by atoms with Crippen LogP contribution in [0.5, 0.6) is 0 Å². The van der Waals surface area contributed by atoms with Gasteiger partial charge in [0, 0.05) is 12.1 Å². The Kier molecular flexibility index (Phi) is 5.67. The Morgan fingerprint density at radius 3 is 2.29 bits per heavy atom. The molecule has 1 amide bonds. The number of rotatable bonds is 6. The molecule has 0 spiro atoms. The number of carbonyl (C=O) groups excluding carboxylic acids is 2. The van der Waals surface area contributed by atoms with Crippen molar-refractivity contribution in [2.75, 3.05) is 4.90 Å². The summed E-state index contributed by atoms with van der Waals surface area (Å²) in [5.74, 6) is -1.93. The molecule has 3 aromatic carbocycles. The number of anilines is 1. The number of hydrogen-bond donors (Lipinski definition) is 1. The van der Waals surface area contributed by atoms with Gasteiger partial charge in [-0.2, -0.15) is 0 Å². The summed E-state index contributed by atoms with van der Waals surface area (Å²) in [4.78, 5) is 27.7. The number of amides is 1. The van der Waals surface area contributed by atoms with Gasteiger partial charge in [0.2, 0.25) is 0 Å². The van der Waals surface area contributed by atoms with E-state index in [1.165, 1.54) is 29.2 Å². The molecular formula is C26H22FNO3. The van der Waals surface area contributed by atoms with Gasteiger partial charge in [0.05, 0.1) is 11.6 Å². The maximum atomic E-state index is 13.5. The Hall–Kier alpha value is -3.73. The highest BCUT2D eigenvalue weighted by Crippen LogP contribution is 2.42. The molecule has 0 aliphatic carbocycles. The zero-order valence-corrected chi connectivity index (χ0v) is 17.1. The van der Waals surface area contributed by atoms with E-state index in [-0.39, 0.29) is 17.8 Å². The molecular weight excluding hydrogens is 393 g/mol. The molecule has 1 N–H and O–H groups in total. The smallest absolute Gasteiger partial charge is 0.294 e. The van der Waals surface area contributed by atoms with Crippen LogP contribution in [0.1, 0.15) is 29.2 Å². The molecule has 31 heavy (non-hydrogen) atoms. The summed E-state index contributed by atoms with van der Waals surface area (Å²) in [7, 11) is 0. The van der Waals surface area contributed by atoms with Crippen LogP contribution in [0.4, 0.5) is 10.1 Å². The van der Waals surface area contributed by atoms with Crippen LogP contribution in [0, 0.1) is 12.7 Å². The minimum Gasteiger partial charge on any atom is -0.503 e. The zero-order chi connectivity index (χ0) is 22.0. The maximum absolute atomic E-state index is 13.5. The highest BCUT2D eigenvalue weighted by atomic mass is 19.1. The van der Waals surface area contributed by atoms with E-state index in [0.717, 1.165) is 16.7 Å². The lowest BCUT2D eigenvalue weighted by Gasteiger charge is -2.28. The van der Waals surface area contributed by atoms with Crippen LogP contribution in [0.3, 0.4) is 0 Å². The topological polar surface area (TPSA) is 57.6 Å². The lowest BCUT2D eigenvalue weighted by atomic mass is 9.91. The van der Waals surface area contributed by atoms with Crippen molar-refractivity contribution in [2.45, 2.75) is 25.8 Å². The Bertz CT molecular complexity index is 1150. The van der Waals surface area contributed by atoms with Crippen molar-refractivity contribution in [1.29, 1.82) is 0 Å². The minimum atomic E-state index is -0.776. The second kappa shape index (κ2) is 8.56. The van der Waals surface area contributed by atoms with Gasteiger partial charge >= 0.3 is 0 Å². The van der Waals surface area contributed by atoms with E-state index in [1.54, 1.807) is 0 Å². The second-order valence-corrected chi connectivity index (χ2v) is 7.58. The lowest BCUT2D eigenvalue weighted by Crippen LogP contribution is -2.31. The highest BCUT2D eigenvalue weighted by molar-refractivity contribution is 6.16. The lowest BCUT2D eigenvalue weighted by molar-refractivity contribution is -0.118. The van der Waals surface area contributed by atoms with Crippen molar-refractivity contribution < 1.29 is 19.1 Å². The molecule has 1 aliphatic rings. The fourth-order valence-electron chi connectivity index (χ4n) is 3.98. The van der Waals surface area contributed by atoms with Crippen LogP contribution in [0.15, 0.2) is 90.2 Å². The predicted molar refractivity (Wildman–Crippen MR) is 117 cm³/mol. The van der Waals surface area contributed by atoms with Crippen LogP contribution in [-0.2, 0) is 16.0 Å². The summed E-state index contributed by atoms with van der Waals surface area (Å²) in [6.07, 6.45) is 0.665. The van der Waals surface area contributed by atoms with Gasteiger partial charge in [0.15, 0.2) is 11.5 Å². The van der Waals surface area contributed by atoms with Gasteiger partial charge in [0.1, 0.15) is 5.82 Å². The standard InChI is InChI=1S/C26H22FNO3/c1-17-7-5-6-10-21(17)24-23(22(29)16-11-18-8-3-2-4-9-18)25(30)26(31)28(24)20-14-12-19(27)13-15-20/h2-10,12-15,24,30H,11,16H2,1H3. The third-order valence-corrected chi connectivity index (χ3v) is 5.58. The Morgan fingerprint density at radius 1 is 0.968 bits per heavy atom. The maximum Gasteiger partial charge on any atom is 0.294 e. The molecule has 0 bridgehead atoms. The molecule has 0 saturated heterocycles. The van der Waals surface area contributed by atoms with Crippen LogP contribution < -0.4 is 4.90 Å². The molecule has 1 atom stereocenters. The van der Waals surface area contributed by atoms with Gasteiger partial charge in [-0.3, -0.25) is 14.5 Å². The number of aliphatic hydroxyl groups excluding tert-OH is 1. The third-order valence-electron chi connectivity index (χ3n) is 5.58. The molecule has 4 nitrogen and oxygen atoms in total. The summed E-state index contributed by atoms with van der Waals surface area (Å²) < 4.78 is 13.5. The number of Topliss-reactive ketones (excluding diaryl/α,β-unsaturated/α-hetero) is 1. The van der Waals surface area contributed by atoms with E-state index in [1.807, 2.05) is 61.5 Å². The SMILES string of the molecule is Cc1ccccc1C1C(C(=O)CCc2ccccc2)=C(O)C(=O)N1c1ccc(F)cc1. The Morgan fingerprint density at radius 2 is 1.61 bits per heavy atom. The molecule has 0 radical (unpaired) electrons. The first-order chi connectivity index (χ1) is 15.0. The van der Waals surface area contributed by atoms with E-state index in [0.29, 0.717) is 12.1 Å². The second-order valence-electron chi connectivity index (χ2n) is 7.58. The number of aryl methyl sites for hydroxylation is 2. The molecule has 1 aliphatic heterocycles. The minimum absolute atomic E-state index is 0.0829. The predicted octanol–water partition coefficient (Wildman–Crippen LogP) is 5.24. The summed E-state index contributed by atoms with van der Waals surface area (Å²) in [6.45, 7) is 1.89. The quantitative estimate of drug-likeness (QED) is 0.599. The monoisotopic (exact) mass is 415 g/mol. The van der Waals surface area contributed by atoms with Crippen molar-refractivity contribution in [1.82, 2.24) is 0 Å². The summed E-state index contributed by atoms with van der Waals surface area (Å²) in [6, 6.07) is 21.7. The van der Waals surface area contributed by atoms with Crippen LogP contribution >= 0.6 is 0 Å². The van der Waals surface area contributed by atoms with E-state index in [9.17, 15) is 19.1 Å². The van der Waals surface area contributed by atoms with Crippen molar-refractivity contribution in [3.05, 3.63) is 113 Å². The van der Waals surface area contributed by atoms with Crippen molar-refractivity contribution in [2.24, 2.45) is 0 Å². The first-order valence-electron chi connectivity index (χ1n) is 10.1. The molecule has 156 valence electrons. The van der Waals surface area contributed by atoms with Crippen molar-refractivity contribution >= 4 is 17.4 Å². The van der Waals surface area contributed by atoms with Crippen molar-refractivity contribution in [3.63, 3.8) is 0 Å². The number of hydrogen-bond acceptors (Lipinski definition) is 3. The molecule has 4 rings (SSSR count). The van der Waals surface area contributed by atoms with Gasteiger partial charge in [0.25, 0.3) is 5.91 Å². The number of halogens is 1. The molecule has 0 fully saturated rings. The highest BCUT2D eigenvalue weighted by Gasteiger charge is 2.44. The van der Waals surface area contributed by atoms with Crippen LogP contribution in [0.2, 0.25) is 0 Å². The van der Waals surface area contributed by atoms with Gasteiger partial charge in [-0.15, -0.1) is 0 Å². The number of benzene rings is 3. The van der Waals surface area contributed by atoms with Gasteiger partial charge in [-0.25, -0.2) is 4.39 Å². The molecule has 5 heteroatoms. The summed E-state index contributed by atoms with van der Waals surface area (Å²) in [5, 5.41) is 10.7. The summed E-state index contributed by atoms with van der Waals surface area (Å²) in [5.41, 5.74) is 3.13. The normalized spacial score (nSPS) is 16.1. The first kappa shape index (κ1) is 20.5. The van der Waals surface area contributed by atoms with E-state index < -0.39 is 23.5 Å². The van der Waals surface area contributed by atoms with Crippen LogP contribution in [0.25, 0.3) is 0 Å². The zero-order valence-electron chi connectivity index (χ0n) is 17.1. The van der Waals surface area contributed by atoms with E-state index in [2.05, 4.69) is 0 Å². The fraction of sp³-hybridized carbons (Fsp3) is 0.154. The van der Waals surface area contributed by atoms with E-state index >= 15 is 0 Å². The molecule has 0 aromatic heterocycles. The molecule has 1 unspecified atom stereocenters. The third kappa shape index (κ3) is 3.99. The Balaban J connectivity index is 1.74. The van der Waals surface area contributed by atoms with Gasteiger partial charge in [-0.05, 0) is 54.3 Å². The van der Waals surface area contributed by atoms with Gasteiger partial charge in [-0.1, -0.05) is 54.6 Å². The number of ketones is 1. The number of aliphatic hydroxyl groups is 1. The number of nitrogens with zero attached hydrogens (tertiary/aromatic N) is 1. The van der Waals surface area contributed by atoms with Gasteiger partial charge < -0.3 is 5.11 Å². The number of carbonyl (C=O) groups is 2. The Labute approximate surface area is 180 Å². The average Bonchev–Trinajstić information content (AvgIpc) is 3.04. The average molecular weight is 415 g/mol. The molecule has 1 heterocycles. The van der Waals surface area contributed by atoms with Crippen molar-refractivity contribution in [3.8, 4) is 0 Å². The summed E-state index contributed by atoms with van der Waals surface area (Å²) >= 11 is 0. The largest absolute Gasteiger partial charge is 0.503 e. The molecule has 0 saturated carbocycles. The van der Waals surface area contributed by atoms with Crippen LogP contribution in [-0.4, -0.2) is 16.8 Å².